The first-order valence-electron chi connectivity index (χ1n) is 7.00. The zero-order valence-electron chi connectivity index (χ0n) is 11.5. The SMILES string of the molecule is CCOc1ccccc1OCCN1CCCC(Br)C1. The van der Waals surface area contributed by atoms with Gasteiger partial charge in [-0.3, -0.25) is 4.90 Å². The summed E-state index contributed by atoms with van der Waals surface area (Å²) in [6.07, 6.45) is 2.55. The van der Waals surface area contributed by atoms with Crippen LogP contribution in [0, 0.1) is 0 Å². The highest BCUT2D eigenvalue weighted by Gasteiger charge is 2.17. The Morgan fingerprint density at radius 3 is 2.68 bits per heavy atom. The minimum Gasteiger partial charge on any atom is -0.490 e. The Hall–Kier alpha value is -0.740. The van der Waals surface area contributed by atoms with Gasteiger partial charge in [-0.25, -0.2) is 0 Å². The van der Waals surface area contributed by atoms with Gasteiger partial charge in [0.05, 0.1) is 6.61 Å². The number of alkyl halides is 1. The summed E-state index contributed by atoms with van der Waals surface area (Å²) in [4.78, 5) is 3.09. The predicted molar refractivity (Wildman–Crippen MR) is 81.5 cm³/mol. The molecular formula is C15H22BrNO2. The quantitative estimate of drug-likeness (QED) is 0.748. The van der Waals surface area contributed by atoms with Crippen LogP contribution in [0.25, 0.3) is 0 Å². The number of benzene rings is 1. The molecule has 0 saturated carbocycles. The van der Waals surface area contributed by atoms with Gasteiger partial charge >= 0.3 is 0 Å². The van der Waals surface area contributed by atoms with Crippen molar-refractivity contribution in [3.63, 3.8) is 0 Å². The molecule has 1 aromatic carbocycles. The predicted octanol–water partition coefficient (Wildman–Crippen LogP) is 3.32. The Bertz CT molecular complexity index is 386. The van der Waals surface area contributed by atoms with Gasteiger partial charge in [0.15, 0.2) is 11.5 Å². The lowest BCUT2D eigenvalue weighted by molar-refractivity contribution is 0.183. The summed E-state index contributed by atoms with van der Waals surface area (Å²) in [5.74, 6) is 1.68. The molecule has 0 N–H and O–H groups in total. The number of para-hydroxylation sites is 2. The molecule has 1 fully saturated rings. The van der Waals surface area contributed by atoms with Gasteiger partial charge in [-0.2, -0.15) is 0 Å². The molecule has 0 spiro atoms. The lowest BCUT2D eigenvalue weighted by atomic mass is 10.1. The molecule has 0 radical (unpaired) electrons. The van der Waals surface area contributed by atoms with E-state index in [-0.39, 0.29) is 0 Å². The number of hydrogen-bond acceptors (Lipinski definition) is 3. The maximum Gasteiger partial charge on any atom is 0.161 e. The largest absolute Gasteiger partial charge is 0.490 e. The Balaban J connectivity index is 1.78. The molecular weight excluding hydrogens is 306 g/mol. The first-order chi connectivity index (χ1) is 9.29. The third-order valence-corrected chi connectivity index (χ3v) is 4.01. The van der Waals surface area contributed by atoms with Crippen LogP contribution in [-0.4, -0.2) is 42.6 Å². The highest BCUT2D eigenvalue weighted by molar-refractivity contribution is 9.09. The van der Waals surface area contributed by atoms with Crippen molar-refractivity contribution in [1.82, 2.24) is 4.90 Å². The second-order valence-electron chi connectivity index (χ2n) is 4.77. The van der Waals surface area contributed by atoms with E-state index >= 15 is 0 Å². The van der Waals surface area contributed by atoms with E-state index in [0.717, 1.165) is 24.6 Å². The van der Waals surface area contributed by atoms with Crippen LogP contribution < -0.4 is 9.47 Å². The summed E-state index contributed by atoms with van der Waals surface area (Å²) in [6.45, 7) is 6.64. The molecule has 1 aromatic rings. The van der Waals surface area contributed by atoms with E-state index in [0.29, 0.717) is 18.0 Å². The van der Waals surface area contributed by atoms with Gasteiger partial charge in [-0.15, -0.1) is 0 Å². The first kappa shape index (κ1) is 14.7. The van der Waals surface area contributed by atoms with Crippen LogP contribution in [0.2, 0.25) is 0 Å². The van der Waals surface area contributed by atoms with Crippen LogP contribution >= 0.6 is 15.9 Å². The Morgan fingerprint density at radius 1 is 1.26 bits per heavy atom. The van der Waals surface area contributed by atoms with Crippen molar-refractivity contribution in [3.05, 3.63) is 24.3 Å². The van der Waals surface area contributed by atoms with E-state index in [2.05, 4.69) is 20.8 Å². The van der Waals surface area contributed by atoms with Crippen LogP contribution in [0.5, 0.6) is 11.5 Å². The van der Waals surface area contributed by atoms with E-state index in [1.807, 2.05) is 31.2 Å². The molecule has 1 heterocycles. The lowest BCUT2D eigenvalue weighted by Gasteiger charge is -2.29. The average Bonchev–Trinajstić information content (AvgIpc) is 2.41. The Morgan fingerprint density at radius 2 is 2.00 bits per heavy atom. The normalized spacial score (nSPS) is 20.2. The number of nitrogens with zero attached hydrogens (tertiary/aromatic N) is 1. The molecule has 4 heteroatoms. The summed E-state index contributed by atoms with van der Waals surface area (Å²) in [5, 5.41) is 0. The zero-order valence-corrected chi connectivity index (χ0v) is 13.1. The zero-order chi connectivity index (χ0) is 13.5. The minimum absolute atomic E-state index is 0.636. The van der Waals surface area contributed by atoms with Crippen molar-refractivity contribution in [3.8, 4) is 11.5 Å². The van der Waals surface area contributed by atoms with E-state index in [1.165, 1.54) is 19.4 Å². The fourth-order valence-corrected chi connectivity index (χ4v) is 3.06. The number of halogens is 1. The third-order valence-electron chi connectivity index (χ3n) is 3.26. The maximum atomic E-state index is 5.85. The van der Waals surface area contributed by atoms with Gasteiger partial charge in [-0.1, -0.05) is 28.1 Å². The second-order valence-corrected chi connectivity index (χ2v) is 6.06. The number of ether oxygens (including phenoxy) is 2. The number of likely N-dealkylation sites (tertiary alicyclic amines) is 1. The van der Waals surface area contributed by atoms with Gasteiger partial charge in [0.2, 0.25) is 0 Å². The average molecular weight is 328 g/mol. The fourth-order valence-electron chi connectivity index (χ4n) is 2.33. The summed E-state index contributed by atoms with van der Waals surface area (Å²) >= 11 is 3.70. The molecule has 1 unspecified atom stereocenters. The standard InChI is InChI=1S/C15H22BrNO2/c1-2-18-14-7-3-4-8-15(14)19-11-10-17-9-5-6-13(16)12-17/h3-4,7-8,13H,2,5-6,9-12H2,1H3. The number of rotatable bonds is 6. The number of piperidine rings is 1. The van der Waals surface area contributed by atoms with Gasteiger partial charge in [0.25, 0.3) is 0 Å². The molecule has 3 nitrogen and oxygen atoms in total. The van der Waals surface area contributed by atoms with Crippen molar-refractivity contribution in [2.75, 3.05) is 32.8 Å². The van der Waals surface area contributed by atoms with Crippen LogP contribution in [0.4, 0.5) is 0 Å². The molecule has 1 atom stereocenters. The molecule has 1 aliphatic rings. The monoisotopic (exact) mass is 327 g/mol. The minimum atomic E-state index is 0.636. The van der Waals surface area contributed by atoms with E-state index in [1.54, 1.807) is 0 Å². The molecule has 2 rings (SSSR count). The number of hydrogen-bond donors (Lipinski definition) is 0. The molecule has 19 heavy (non-hydrogen) atoms. The molecule has 0 bridgehead atoms. The Labute approximate surface area is 124 Å². The lowest BCUT2D eigenvalue weighted by Crippen LogP contribution is -2.38. The molecule has 0 amide bonds. The van der Waals surface area contributed by atoms with Gasteiger partial charge in [0, 0.05) is 17.9 Å². The van der Waals surface area contributed by atoms with Crippen LogP contribution in [0.3, 0.4) is 0 Å². The summed E-state index contributed by atoms with van der Waals surface area (Å²) in [6, 6.07) is 7.87. The van der Waals surface area contributed by atoms with Crippen LogP contribution in [0.15, 0.2) is 24.3 Å². The van der Waals surface area contributed by atoms with Crippen molar-refractivity contribution in [1.29, 1.82) is 0 Å². The van der Waals surface area contributed by atoms with E-state index < -0.39 is 0 Å². The van der Waals surface area contributed by atoms with E-state index in [4.69, 9.17) is 9.47 Å². The highest BCUT2D eigenvalue weighted by Crippen LogP contribution is 2.26. The molecule has 0 aliphatic carbocycles. The van der Waals surface area contributed by atoms with Crippen LogP contribution in [0.1, 0.15) is 19.8 Å². The van der Waals surface area contributed by atoms with Gasteiger partial charge in [0.1, 0.15) is 6.61 Å². The molecule has 0 aromatic heterocycles. The van der Waals surface area contributed by atoms with Crippen molar-refractivity contribution >= 4 is 15.9 Å². The molecule has 106 valence electrons. The summed E-state index contributed by atoms with van der Waals surface area (Å²) in [5.41, 5.74) is 0. The molecule has 1 saturated heterocycles. The molecule has 1 aliphatic heterocycles. The summed E-state index contributed by atoms with van der Waals surface area (Å²) < 4.78 is 11.4. The fraction of sp³-hybridized carbons (Fsp3) is 0.600. The van der Waals surface area contributed by atoms with Gasteiger partial charge in [-0.05, 0) is 38.4 Å². The maximum absolute atomic E-state index is 5.85. The van der Waals surface area contributed by atoms with E-state index in [9.17, 15) is 0 Å². The first-order valence-corrected chi connectivity index (χ1v) is 7.92. The third kappa shape index (κ3) is 4.69. The van der Waals surface area contributed by atoms with Crippen molar-refractivity contribution in [2.45, 2.75) is 24.6 Å². The highest BCUT2D eigenvalue weighted by atomic mass is 79.9. The smallest absolute Gasteiger partial charge is 0.161 e. The second kappa shape index (κ2) is 7.75. The summed E-state index contributed by atoms with van der Waals surface area (Å²) in [7, 11) is 0. The van der Waals surface area contributed by atoms with Crippen molar-refractivity contribution < 1.29 is 9.47 Å². The van der Waals surface area contributed by atoms with Gasteiger partial charge < -0.3 is 9.47 Å². The van der Waals surface area contributed by atoms with Crippen LogP contribution in [-0.2, 0) is 0 Å². The Kier molecular flexibility index (Phi) is 5.98. The van der Waals surface area contributed by atoms with Crippen molar-refractivity contribution in [2.24, 2.45) is 0 Å². The topological polar surface area (TPSA) is 21.7 Å².